The molecule has 7 rings (SSSR count). The zero-order valence-electron chi connectivity index (χ0n) is 21.5. The van der Waals surface area contributed by atoms with Crippen LogP contribution >= 0.6 is 0 Å². The first-order valence-corrected chi connectivity index (χ1v) is 13.1. The van der Waals surface area contributed by atoms with Crippen molar-refractivity contribution in [3.05, 3.63) is 67.0 Å². The average Bonchev–Trinajstić information content (AvgIpc) is 3.74. The molecule has 39 heavy (non-hydrogen) atoms. The molecule has 6 heterocycles. The summed E-state index contributed by atoms with van der Waals surface area (Å²) in [6.07, 6.45) is 9.75. The lowest BCUT2D eigenvalue weighted by atomic mass is 10.0. The number of fused-ring (bicyclic) bond motifs is 2. The van der Waals surface area contributed by atoms with Gasteiger partial charge in [0.2, 0.25) is 0 Å². The second-order valence-corrected chi connectivity index (χ2v) is 9.97. The van der Waals surface area contributed by atoms with Gasteiger partial charge in [0.05, 0.1) is 17.6 Å². The standard InChI is InChI=1S/C29H27FN8O/c1-37-17-20(16-33-37)19-12-25-27(35-36-29(25)32-15-19)26-14-24-23(4-5-31-28(24)34-26)18-10-21(30)13-22(11-18)39-9-8-38-6-2-3-7-38/h4-5,10-17H,2-3,6-9H2,1H3,(H,31,34)(H,32,35,36). The molecule has 10 heteroatoms. The van der Waals surface area contributed by atoms with Crippen molar-refractivity contribution in [1.82, 2.24) is 39.8 Å². The lowest BCUT2D eigenvalue weighted by Gasteiger charge is -2.15. The van der Waals surface area contributed by atoms with Crippen molar-refractivity contribution in [2.24, 2.45) is 7.05 Å². The number of nitrogens with zero attached hydrogens (tertiary/aromatic N) is 6. The van der Waals surface area contributed by atoms with E-state index >= 15 is 0 Å². The van der Waals surface area contributed by atoms with E-state index in [4.69, 9.17) is 4.74 Å². The summed E-state index contributed by atoms with van der Waals surface area (Å²) in [5, 5.41) is 13.5. The van der Waals surface area contributed by atoms with E-state index in [0.29, 0.717) is 23.7 Å². The molecule has 1 saturated heterocycles. The third kappa shape index (κ3) is 4.52. The van der Waals surface area contributed by atoms with Crippen LogP contribution in [0, 0.1) is 5.82 Å². The van der Waals surface area contributed by atoms with Crippen molar-refractivity contribution < 1.29 is 9.13 Å². The van der Waals surface area contributed by atoms with E-state index in [0.717, 1.165) is 64.0 Å². The number of halogens is 1. The third-order valence-electron chi connectivity index (χ3n) is 7.31. The van der Waals surface area contributed by atoms with Crippen molar-refractivity contribution in [3.8, 4) is 39.4 Å². The molecule has 0 aliphatic carbocycles. The Morgan fingerprint density at radius 3 is 2.72 bits per heavy atom. The Morgan fingerprint density at radius 1 is 0.974 bits per heavy atom. The molecule has 6 aromatic rings. The van der Waals surface area contributed by atoms with Gasteiger partial charge in [-0.15, -0.1) is 0 Å². The van der Waals surface area contributed by atoms with Gasteiger partial charge < -0.3 is 9.72 Å². The number of aromatic amines is 2. The van der Waals surface area contributed by atoms with Gasteiger partial charge in [0, 0.05) is 60.1 Å². The monoisotopic (exact) mass is 522 g/mol. The molecule has 5 aromatic heterocycles. The maximum absolute atomic E-state index is 14.7. The van der Waals surface area contributed by atoms with E-state index in [1.54, 1.807) is 17.1 Å². The Morgan fingerprint density at radius 2 is 1.87 bits per heavy atom. The second-order valence-electron chi connectivity index (χ2n) is 9.97. The van der Waals surface area contributed by atoms with E-state index < -0.39 is 0 Å². The predicted octanol–water partition coefficient (Wildman–Crippen LogP) is 5.18. The van der Waals surface area contributed by atoms with Crippen molar-refractivity contribution >= 4 is 22.1 Å². The van der Waals surface area contributed by atoms with E-state index in [1.807, 2.05) is 37.6 Å². The third-order valence-corrected chi connectivity index (χ3v) is 7.31. The van der Waals surface area contributed by atoms with E-state index in [9.17, 15) is 4.39 Å². The van der Waals surface area contributed by atoms with Crippen LogP contribution in [0.25, 0.3) is 55.7 Å². The van der Waals surface area contributed by atoms with Crippen LogP contribution in [0.5, 0.6) is 5.75 Å². The molecule has 1 aliphatic heterocycles. The van der Waals surface area contributed by atoms with Crippen molar-refractivity contribution in [2.45, 2.75) is 12.8 Å². The molecule has 0 spiro atoms. The smallest absolute Gasteiger partial charge is 0.181 e. The number of rotatable bonds is 7. The van der Waals surface area contributed by atoms with Crippen LogP contribution < -0.4 is 4.74 Å². The van der Waals surface area contributed by atoms with Gasteiger partial charge in [0.25, 0.3) is 0 Å². The molecule has 2 N–H and O–H groups in total. The number of H-pyrrole nitrogens is 2. The molecule has 1 fully saturated rings. The van der Waals surface area contributed by atoms with Gasteiger partial charge in [-0.3, -0.25) is 14.7 Å². The summed E-state index contributed by atoms with van der Waals surface area (Å²) >= 11 is 0. The lowest BCUT2D eigenvalue weighted by Crippen LogP contribution is -2.25. The number of aromatic nitrogens is 7. The minimum absolute atomic E-state index is 0.335. The number of ether oxygens (including phenoxy) is 1. The minimum atomic E-state index is -0.335. The van der Waals surface area contributed by atoms with Gasteiger partial charge >= 0.3 is 0 Å². The zero-order valence-corrected chi connectivity index (χ0v) is 21.5. The highest BCUT2D eigenvalue weighted by atomic mass is 19.1. The Labute approximate surface area is 223 Å². The Balaban J connectivity index is 1.23. The fourth-order valence-corrected chi connectivity index (χ4v) is 5.35. The molecular formula is C29H27FN8O. The number of nitrogens with one attached hydrogen (secondary N) is 2. The fraction of sp³-hybridized carbons (Fsp3) is 0.241. The highest BCUT2D eigenvalue weighted by Gasteiger charge is 2.17. The largest absolute Gasteiger partial charge is 0.492 e. The highest BCUT2D eigenvalue weighted by molar-refractivity contribution is 5.99. The van der Waals surface area contributed by atoms with Gasteiger partial charge in [-0.2, -0.15) is 10.2 Å². The topological polar surface area (TPSA) is 101 Å². The van der Waals surface area contributed by atoms with Crippen LogP contribution in [0.15, 0.2) is 61.2 Å². The van der Waals surface area contributed by atoms with E-state index in [2.05, 4.69) is 41.2 Å². The van der Waals surface area contributed by atoms with Crippen LogP contribution in [0.4, 0.5) is 4.39 Å². The summed E-state index contributed by atoms with van der Waals surface area (Å²) in [6, 6.07) is 10.8. The molecule has 1 aliphatic rings. The van der Waals surface area contributed by atoms with Crippen LogP contribution in [0.1, 0.15) is 12.8 Å². The minimum Gasteiger partial charge on any atom is -0.492 e. The summed E-state index contributed by atoms with van der Waals surface area (Å²) in [5.41, 5.74) is 6.46. The van der Waals surface area contributed by atoms with E-state index in [-0.39, 0.29) is 5.82 Å². The molecule has 196 valence electrons. The maximum Gasteiger partial charge on any atom is 0.181 e. The first-order chi connectivity index (χ1) is 19.1. The first-order valence-electron chi connectivity index (χ1n) is 13.1. The molecule has 0 bridgehead atoms. The number of aryl methyl sites for hydroxylation is 1. The SMILES string of the molecule is Cn1cc(-c2cnc3n[nH]c(-c4cc5c(-c6cc(F)cc(OCCN7CCCC7)c6)ccnc5[nH]4)c3c2)cn1. The van der Waals surface area contributed by atoms with Gasteiger partial charge in [-0.05, 0) is 67.4 Å². The summed E-state index contributed by atoms with van der Waals surface area (Å²) in [7, 11) is 1.89. The van der Waals surface area contributed by atoms with Crippen LogP contribution in [0.2, 0.25) is 0 Å². The van der Waals surface area contributed by atoms with Gasteiger partial charge in [0.1, 0.15) is 23.8 Å². The van der Waals surface area contributed by atoms with Gasteiger partial charge in [-0.25, -0.2) is 14.4 Å². The lowest BCUT2D eigenvalue weighted by molar-refractivity contribution is 0.237. The predicted molar refractivity (Wildman–Crippen MR) is 148 cm³/mol. The Kier molecular flexibility index (Phi) is 5.81. The summed E-state index contributed by atoms with van der Waals surface area (Å²) < 4.78 is 22.4. The zero-order chi connectivity index (χ0) is 26.3. The second kappa shape index (κ2) is 9.63. The molecule has 0 amide bonds. The highest BCUT2D eigenvalue weighted by Crippen LogP contribution is 2.35. The van der Waals surface area contributed by atoms with Gasteiger partial charge in [-0.1, -0.05) is 0 Å². The molecular weight excluding hydrogens is 495 g/mol. The maximum atomic E-state index is 14.7. The quantitative estimate of drug-likeness (QED) is 0.300. The molecule has 0 atom stereocenters. The summed E-state index contributed by atoms with van der Waals surface area (Å²) in [6.45, 7) is 3.59. The van der Waals surface area contributed by atoms with Crippen LogP contribution in [-0.4, -0.2) is 66.1 Å². The Bertz CT molecular complexity index is 1800. The Hall–Kier alpha value is -4.57. The molecule has 0 saturated carbocycles. The van der Waals surface area contributed by atoms with Gasteiger partial charge in [0.15, 0.2) is 5.65 Å². The number of benzene rings is 1. The number of pyridine rings is 2. The first kappa shape index (κ1) is 23.5. The fourth-order valence-electron chi connectivity index (χ4n) is 5.35. The number of hydrogen-bond donors (Lipinski definition) is 2. The molecule has 9 nitrogen and oxygen atoms in total. The van der Waals surface area contributed by atoms with Crippen LogP contribution in [-0.2, 0) is 7.05 Å². The van der Waals surface area contributed by atoms with E-state index in [1.165, 1.54) is 25.0 Å². The average molecular weight is 523 g/mol. The summed E-state index contributed by atoms with van der Waals surface area (Å²) in [5.74, 6) is 0.191. The van der Waals surface area contributed by atoms with Crippen LogP contribution in [0.3, 0.4) is 0 Å². The normalized spacial score (nSPS) is 14.1. The van der Waals surface area contributed by atoms with Crippen molar-refractivity contribution in [2.75, 3.05) is 26.2 Å². The molecule has 0 radical (unpaired) electrons. The van der Waals surface area contributed by atoms with Crippen molar-refractivity contribution in [3.63, 3.8) is 0 Å². The summed E-state index contributed by atoms with van der Waals surface area (Å²) in [4.78, 5) is 14.8. The number of likely N-dealkylation sites (tertiary alicyclic amines) is 1. The number of hydrogen-bond acceptors (Lipinski definition) is 6. The van der Waals surface area contributed by atoms with Crippen molar-refractivity contribution in [1.29, 1.82) is 0 Å². The molecule has 1 aromatic carbocycles. The molecule has 0 unspecified atom stereocenters.